The molecule has 134 valence electrons. The first kappa shape index (κ1) is 22.3. The van der Waals surface area contributed by atoms with E-state index in [0.717, 1.165) is 12.5 Å². The molecule has 0 radical (unpaired) electrons. The summed E-state index contributed by atoms with van der Waals surface area (Å²) < 4.78 is 6.29. The topological polar surface area (TPSA) is 12.5 Å². The highest BCUT2D eigenvalue weighted by Crippen LogP contribution is 2.14. The summed E-state index contributed by atoms with van der Waals surface area (Å²) in [6.45, 7) is 12.3. The smallest absolute Gasteiger partial charge is 0.0994 e. The summed E-state index contributed by atoms with van der Waals surface area (Å²) in [5.74, 6) is 2.36. The molecule has 0 heterocycles. The van der Waals surface area contributed by atoms with E-state index >= 15 is 0 Å². The number of hydrogen-bond acceptors (Lipinski definition) is 3. The van der Waals surface area contributed by atoms with Gasteiger partial charge in [0.25, 0.3) is 0 Å². The van der Waals surface area contributed by atoms with E-state index in [0.29, 0.717) is 6.10 Å². The van der Waals surface area contributed by atoms with E-state index < -0.39 is 0 Å². The van der Waals surface area contributed by atoms with Crippen molar-refractivity contribution < 1.29 is 4.74 Å². The summed E-state index contributed by atoms with van der Waals surface area (Å²) in [5.41, 5.74) is 0. The number of rotatable bonds is 17. The van der Waals surface area contributed by atoms with Gasteiger partial charge in [0.2, 0.25) is 0 Å². The van der Waals surface area contributed by atoms with Crippen LogP contribution in [0.25, 0.3) is 0 Å². The molecule has 0 fully saturated rings. The van der Waals surface area contributed by atoms with Crippen LogP contribution in [0.15, 0.2) is 0 Å². The molecule has 3 heteroatoms. The number of thioether (sulfide) groups is 1. The van der Waals surface area contributed by atoms with E-state index in [-0.39, 0.29) is 0 Å². The fourth-order valence-corrected chi connectivity index (χ4v) is 3.24. The molecule has 0 saturated carbocycles. The Morgan fingerprint density at radius 3 is 2.00 bits per heavy atom. The van der Waals surface area contributed by atoms with Crippen LogP contribution in [-0.4, -0.2) is 42.3 Å². The highest BCUT2D eigenvalue weighted by atomic mass is 32.2. The van der Waals surface area contributed by atoms with E-state index in [1.165, 1.54) is 76.6 Å². The van der Waals surface area contributed by atoms with E-state index in [9.17, 15) is 0 Å². The van der Waals surface area contributed by atoms with Gasteiger partial charge in [0.05, 0.1) is 12.8 Å². The standard InChI is InChI=1S/C19H41NOS/c1-5-9-12-13-14-19(17-22-8-4)21-18-20(15-10-6-2)16-11-7-3/h19H,5-18H2,1-4H3. The Morgan fingerprint density at radius 1 is 0.818 bits per heavy atom. The van der Waals surface area contributed by atoms with Crippen LogP contribution in [0.1, 0.15) is 85.5 Å². The Kier molecular flexibility index (Phi) is 17.8. The molecule has 0 aromatic rings. The maximum Gasteiger partial charge on any atom is 0.0994 e. The minimum atomic E-state index is 0.451. The molecular weight excluding hydrogens is 290 g/mol. The number of hydrogen-bond donors (Lipinski definition) is 0. The molecule has 2 nitrogen and oxygen atoms in total. The maximum absolute atomic E-state index is 6.29. The predicted octanol–water partition coefficient (Wildman–Crippen LogP) is 5.95. The Balaban J connectivity index is 4.09. The van der Waals surface area contributed by atoms with Crippen LogP contribution in [0.4, 0.5) is 0 Å². The first-order valence-electron chi connectivity index (χ1n) is 9.70. The molecule has 0 aromatic carbocycles. The van der Waals surface area contributed by atoms with Gasteiger partial charge in [-0.15, -0.1) is 0 Å². The summed E-state index contributed by atoms with van der Waals surface area (Å²) in [5, 5.41) is 0. The first-order chi connectivity index (χ1) is 10.8. The van der Waals surface area contributed by atoms with Crippen molar-refractivity contribution in [1.29, 1.82) is 0 Å². The lowest BCUT2D eigenvalue weighted by molar-refractivity contribution is -0.0174. The molecule has 1 unspecified atom stereocenters. The fourth-order valence-electron chi connectivity index (χ4n) is 2.48. The van der Waals surface area contributed by atoms with Gasteiger partial charge in [-0.25, -0.2) is 0 Å². The summed E-state index contributed by atoms with van der Waals surface area (Å²) in [4.78, 5) is 2.52. The molecule has 0 rings (SSSR count). The molecule has 0 bridgehead atoms. The minimum absolute atomic E-state index is 0.451. The van der Waals surface area contributed by atoms with Gasteiger partial charge in [-0.3, -0.25) is 4.90 Å². The molecule has 0 saturated heterocycles. The molecule has 0 aliphatic rings. The van der Waals surface area contributed by atoms with Crippen molar-refractivity contribution in [2.75, 3.05) is 31.3 Å². The van der Waals surface area contributed by atoms with Gasteiger partial charge in [-0.1, -0.05) is 66.2 Å². The lowest BCUT2D eigenvalue weighted by Crippen LogP contribution is -2.32. The maximum atomic E-state index is 6.29. The predicted molar refractivity (Wildman–Crippen MR) is 103 cm³/mol. The molecule has 0 aliphatic carbocycles. The zero-order valence-electron chi connectivity index (χ0n) is 15.7. The quantitative estimate of drug-likeness (QED) is 0.241. The van der Waals surface area contributed by atoms with Crippen LogP contribution < -0.4 is 0 Å². The first-order valence-corrected chi connectivity index (χ1v) is 10.9. The third kappa shape index (κ3) is 13.9. The van der Waals surface area contributed by atoms with E-state index in [4.69, 9.17) is 4.74 Å². The number of ether oxygens (including phenoxy) is 1. The van der Waals surface area contributed by atoms with Gasteiger partial charge in [0.15, 0.2) is 0 Å². The zero-order valence-corrected chi connectivity index (χ0v) is 16.6. The molecule has 0 aliphatic heterocycles. The third-order valence-corrected chi connectivity index (χ3v) is 5.05. The molecule has 0 spiro atoms. The Hall–Kier alpha value is 0.270. The number of unbranched alkanes of at least 4 members (excludes halogenated alkanes) is 5. The van der Waals surface area contributed by atoms with E-state index in [1.54, 1.807) is 0 Å². The Bertz CT molecular complexity index is 206. The van der Waals surface area contributed by atoms with Gasteiger partial charge in [-0.2, -0.15) is 11.8 Å². The van der Waals surface area contributed by atoms with Crippen molar-refractivity contribution in [2.24, 2.45) is 0 Å². The minimum Gasteiger partial charge on any atom is -0.362 e. The van der Waals surface area contributed by atoms with Crippen molar-refractivity contribution in [3.8, 4) is 0 Å². The van der Waals surface area contributed by atoms with Crippen molar-refractivity contribution in [3.05, 3.63) is 0 Å². The largest absolute Gasteiger partial charge is 0.362 e. The van der Waals surface area contributed by atoms with E-state index in [1.807, 2.05) is 11.8 Å². The second-order valence-corrected chi connectivity index (χ2v) is 7.57. The summed E-state index contributed by atoms with van der Waals surface area (Å²) in [6, 6.07) is 0. The van der Waals surface area contributed by atoms with Crippen molar-refractivity contribution in [2.45, 2.75) is 91.6 Å². The monoisotopic (exact) mass is 331 g/mol. The lowest BCUT2D eigenvalue weighted by atomic mass is 10.1. The SMILES string of the molecule is CCCCCCC(CSCC)OCN(CCCC)CCCC. The van der Waals surface area contributed by atoms with Gasteiger partial charge in [0.1, 0.15) is 0 Å². The average molecular weight is 332 g/mol. The molecule has 0 N–H and O–H groups in total. The fraction of sp³-hybridized carbons (Fsp3) is 1.00. The van der Waals surface area contributed by atoms with Gasteiger partial charge in [0, 0.05) is 18.8 Å². The second kappa shape index (κ2) is 17.6. The van der Waals surface area contributed by atoms with Crippen molar-refractivity contribution in [1.82, 2.24) is 4.90 Å². The van der Waals surface area contributed by atoms with Crippen LogP contribution in [-0.2, 0) is 4.74 Å². The molecule has 22 heavy (non-hydrogen) atoms. The average Bonchev–Trinajstić information content (AvgIpc) is 2.54. The highest BCUT2D eigenvalue weighted by molar-refractivity contribution is 7.99. The summed E-state index contributed by atoms with van der Waals surface area (Å²) >= 11 is 2.02. The second-order valence-electron chi connectivity index (χ2n) is 6.25. The van der Waals surface area contributed by atoms with Gasteiger partial charge in [-0.05, 0) is 25.0 Å². The number of nitrogens with zero attached hydrogens (tertiary/aromatic N) is 1. The van der Waals surface area contributed by atoms with Crippen LogP contribution in [0.5, 0.6) is 0 Å². The normalized spacial score (nSPS) is 13.0. The third-order valence-electron chi connectivity index (χ3n) is 4.04. The van der Waals surface area contributed by atoms with Gasteiger partial charge >= 0.3 is 0 Å². The highest BCUT2D eigenvalue weighted by Gasteiger charge is 2.12. The van der Waals surface area contributed by atoms with Crippen LogP contribution >= 0.6 is 11.8 Å². The van der Waals surface area contributed by atoms with Gasteiger partial charge < -0.3 is 4.74 Å². The van der Waals surface area contributed by atoms with Crippen LogP contribution in [0, 0.1) is 0 Å². The van der Waals surface area contributed by atoms with Crippen molar-refractivity contribution >= 4 is 11.8 Å². The molecule has 1 atom stereocenters. The molecular formula is C19H41NOS. The zero-order chi connectivity index (χ0) is 16.5. The molecule has 0 aromatic heterocycles. The Labute approximate surface area is 144 Å². The van der Waals surface area contributed by atoms with E-state index in [2.05, 4.69) is 32.6 Å². The van der Waals surface area contributed by atoms with Crippen LogP contribution in [0.3, 0.4) is 0 Å². The summed E-state index contributed by atoms with van der Waals surface area (Å²) in [7, 11) is 0. The van der Waals surface area contributed by atoms with Crippen LogP contribution in [0.2, 0.25) is 0 Å². The Morgan fingerprint density at radius 2 is 1.45 bits per heavy atom. The van der Waals surface area contributed by atoms with Crippen molar-refractivity contribution in [3.63, 3.8) is 0 Å². The molecule has 0 amide bonds. The summed E-state index contributed by atoms with van der Waals surface area (Å²) in [6.07, 6.45) is 12.2. The lowest BCUT2D eigenvalue weighted by Gasteiger charge is -2.25.